The lowest BCUT2D eigenvalue weighted by atomic mass is 9.81. The summed E-state index contributed by atoms with van der Waals surface area (Å²) in [6, 6.07) is 8.95. The highest BCUT2D eigenvalue weighted by Crippen LogP contribution is 2.50. The Morgan fingerprint density at radius 2 is 1.81 bits per heavy atom. The molecule has 3 fully saturated rings. The highest BCUT2D eigenvalue weighted by atomic mass is 16.5. The Balaban J connectivity index is 1.59. The molecule has 3 heterocycles. The summed E-state index contributed by atoms with van der Waals surface area (Å²) in [4.78, 5) is 15.8. The molecule has 0 radical (unpaired) electrons. The zero-order valence-corrected chi connectivity index (χ0v) is 21.5. The van der Waals surface area contributed by atoms with Crippen LogP contribution in [-0.2, 0) is 9.53 Å². The summed E-state index contributed by atoms with van der Waals surface area (Å²) in [5.41, 5.74) is 10.4. The Hall–Kier alpha value is -2.81. The molecule has 3 aliphatic heterocycles. The average molecular weight is 496 g/mol. The van der Waals surface area contributed by atoms with Crippen LogP contribution in [0.4, 0.5) is 0 Å². The van der Waals surface area contributed by atoms with Gasteiger partial charge in [-0.3, -0.25) is 4.79 Å². The van der Waals surface area contributed by atoms with Gasteiger partial charge in [-0.15, -0.1) is 0 Å². The van der Waals surface area contributed by atoms with Crippen molar-refractivity contribution >= 4 is 5.91 Å². The highest BCUT2D eigenvalue weighted by molar-refractivity contribution is 5.86. The van der Waals surface area contributed by atoms with E-state index in [2.05, 4.69) is 16.9 Å². The third-order valence-corrected chi connectivity index (χ3v) is 7.57. The minimum absolute atomic E-state index is 0.0326. The molecule has 5 rings (SSSR count). The number of hydrogen-bond donors (Lipinski definition) is 3. The zero-order chi connectivity index (χ0) is 25.4. The van der Waals surface area contributed by atoms with E-state index in [-0.39, 0.29) is 35.8 Å². The number of phenolic OH excluding ortho intramolecular Hbond substituents is 1. The number of hydrogen-bond acceptors (Lipinski definition) is 7. The van der Waals surface area contributed by atoms with Crippen molar-refractivity contribution in [3.05, 3.63) is 52.6 Å². The number of carbonyl (C=O) groups is 1. The first kappa shape index (κ1) is 24.9. The predicted octanol–water partition coefficient (Wildman–Crippen LogP) is 3.70. The van der Waals surface area contributed by atoms with Gasteiger partial charge in [-0.25, -0.2) is 10.9 Å². The largest absolute Gasteiger partial charge is 0.508 e. The smallest absolute Gasteiger partial charge is 0.242 e. The van der Waals surface area contributed by atoms with Gasteiger partial charge in [0.2, 0.25) is 5.91 Å². The second kappa shape index (κ2) is 10.3. The molecule has 5 unspecified atom stereocenters. The van der Waals surface area contributed by atoms with Gasteiger partial charge < -0.3 is 24.2 Å². The van der Waals surface area contributed by atoms with Crippen molar-refractivity contribution in [3.8, 4) is 17.2 Å². The molecule has 2 aromatic rings. The molecular formula is C28H37N3O5. The molecular weight excluding hydrogens is 458 g/mol. The molecule has 3 saturated heterocycles. The molecule has 0 saturated carbocycles. The lowest BCUT2D eigenvalue weighted by molar-refractivity contribution is -0.132. The second-order valence-corrected chi connectivity index (χ2v) is 9.98. The number of hydrazine groups is 1. The molecule has 36 heavy (non-hydrogen) atoms. The minimum Gasteiger partial charge on any atom is -0.508 e. The van der Waals surface area contributed by atoms with Gasteiger partial charge in [0.15, 0.2) is 11.5 Å². The van der Waals surface area contributed by atoms with Crippen LogP contribution >= 0.6 is 0 Å². The van der Waals surface area contributed by atoms with Crippen LogP contribution in [0, 0.1) is 19.8 Å². The second-order valence-electron chi connectivity index (χ2n) is 9.98. The van der Waals surface area contributed by atoms with E-state index in [0.29, 0.717) is 31.3 Å². The topological polar surface area (TPSA) is 92.3 Å². The Kier molecular flexibility index (Phi) is 7.10. The number of phenols is 1. The maximum absolute atomic E-state index is 13.8. The number of benzene rings is 2. The molecule has 8 nitrogen and oxygen atoms in total. The first-order chi connectivity index (χ1) is 17.4. The number of aromatic hydroxyl groups is 1. The highest BCUT2D eigenvalue weighted by Gasteiger charge is 2.56. The van der Waals surface area contributed by atoms with E-state index in [9.17, 15) is 9.90 Å². The number of aryl methyl sites for hydroxylation is 2. The van der Waals surface area contributed by atoms with Crippen LogP contribution in [-0.4, -0.2) is 54.4 Å². The Morgan fingerprint density at radius 1 is 1.06 bits per heavy atom. The number of nitrogens with zero attached hydrogens (tertiary/aromatic N) is 1. The van der Waals surface area contributed by atoms with Crippen molar-refractivity contribution in [3.63, 3.8) is 0 Å². The number of ether oxygens (including phenoxy) is 3. The van der Waals surface area contributed by atoms with Crippen molar-refractivity contribution in [2.75, 3.05) is 26.4 Å². The van der Waals surface area contributed by atoms with E-state index in [1.165, 1.54) is 0 Å². The number of amides is 1. The fraction of sp³-hybridized carbons (Fsp3) is 0.536. The number of nitrogens with one attached hydrogen (secondary N) is 2. The van der Waals surface area contributed by atoms with Crippen LogP contribution in [0.25, 0.3) is 0 Å². The van der Waals surface area contributed by atoms with Crippen LogP contribution < -0.4 is 20.3 Å². The summed E-state index contributed by atoms with van der Waals surface area (Å²) in [6.07, 6.45) is 2.00. The molecule has 8 heteroatoms. The van der Waals surface area contributed by atoms with Gasteiger partial charge in [0.05, 0.1) is 31.4 Å². The predicted molar refractivity (Wildman–Crippen MR) is 136 cm³/mol. The first-order valence-electron chi connectivity index (χ1n) is 13.1. The van der Waals surface area contributed by atoms with Crippen LogP contribution in [0.1, 0.15) is 61.0 Å². The monoisotopic (exact) mass is 495 g/mol. The van der Waals surface area contributed by atoms with Gasteiger partial charge in [-0.1, -0.05) is 12.1 Å². The summed E-state index contributed by atoms with van der Waals surface area (Å²) < 4.78 is 17.7. The normalized spacial score (nSPS) is 27.5. The molecule has 0 bridgehead atoms. The lowest BCUT2D eigenvalue weighted by Crippen LogP contribution is -2.43. The molecule has 3 N–H and O–H groups in total. The fourth-order valence-electron chi connectivity index (χ4n) is 6.17. The van der Waals surface area contributed by atoms with Gasteiger partial charge in [0.1, 0.15) is 11.8 Å². The summed E-state index contributed by atoms with van der Waals surface area (Å²) in [7, 11) is 0. The molecule has 0 aromatic heterocycles. The number of fused-ring (bicyclic) bond motifs is 1. The van der Waals surface area contributed by atoms with Gasteiger partial charge in [-0.2, -0.15) is 0 Å². The van der Waals surface area contributed by atoms with Gasteiger partial charge in [0.25, 0.3) is 0 Å². The molecule has 0 spiro atoms. The van der Waals surface area contributed by atoms with Crippen LogP contribution in [0.5, 0.6) is 17.2 Å². The molecule has 1 amide bonds. The van der Waals surface area contributed by atoms with Gasteiger partial charge in [0, 0.05) is 24.6 Å². The van der Waals surface area contributed by atoms with E-state index in [1.54, 1.807) is 6.07 Å². The van der Waals surface area contributed by atoms with Crippen molar-refractivity contribution in [1.29, 1.82) is 0 Å². The maximum atomic E-state index is 13.8. The number of carbonyl (C=O) groups excluding carboxylic acids is 1. The van der Waals surface area contributed by atoms with E-state index < -0.39 is 6.04 Å². The van der Waals surface area contributed by atoms with Crippen LogP contribution in [0.3, 0.4) is 0 Å². The van der Waals surface area contributed by atoms with Crippen molar-refractivity contribution in [1.82, 2.24) is 15.8 Å². The molecule has 0 aliphatic carbocycles. The van der Waals surface area contributed by atoms with Crippen molar-refractivity contribution in [2.24, 2.45) is 5.92 Å². The Bertz CT molecular complexity index is 1090. The summed E-state index contributed by atoms with van der Waals surface area (Å²) in [6.45, 7) is 10.2. The minimum atomic E-state index is -0.413. The average Bonchev–Trinajstić information content (AvgIpc) is 3.55. The Morgan fingerprint density at radius 3 is 2.50 bits per heavy atom. The number of likely N-dealkylation sites (tertiary alicyclic amines) is 1. The van der Waals surface area contributed by atoms with Crippen molar-refractivity contribution in [2.45, 2.75) is 64.8 Å². The third-order valence-electron chi connectivity index (χ3n) is 7.57. The fourth-order valence-corrected chi connectivity index (χ4v) is 6.17. The van der Waals surface area contributed by atoms with E-state index in [4.69, 9.17) is 14.2 Å². The van der Waals surface area contributed by atoms with Gasteiger partial charge >= 0.3 is 0 Å². The maximum Gasteiger partial charge on any atom is 0.242 e. The van der Waals surface area contributed by atoms with Gasteiger partial charge in [-0.05, 0) is 75.4 Å². The van der Waals surface area contributed by atoms with E-state index in [0.717, 1.165) is 41.7 Å². The first-order valence-corrected chi connectivity index (χ1v) is 13.1. The standard InChI is InChI=1S/C28H37N3O5/c1-5-34-21-10-9-18(14-22(21)35-6-2)27-24-25(23-17(4)12-16(3)13-20(23)32)29-30-26(24)28(33)31(27)15-19-8-7-11-36-19/h9-10,12-14,19,24-27,29-30,32H,5-8,11,15H2,1-4H3. The molecule has 3 aliphatic rings. The van der Waals surface area contributed by atoms with E-state index in [1.807, 2.05) is 50.8 Å². The van der Waals surface area contributed by atoms with E-state index >= 15 is 0 Å². The molecule has 5 atom stereocenters. The molecule has 2 aromatic carbocycles. The number of rotatable bonds is 8. The third kappa shape index (κ3) is 4.42. The quantitative estimate of drug-likeness (QED) is 0.514. The molecule has 194 valence electrons. The summed E-state index contributed by atoms with van der Waals surface area (Å²) in [5.74, 6) is 1.53. The summed E-state index contributed by atoms with van der Waals surface area (Å²) >= 11 is 0. The van der Waals surface area contributed by atoms with Crippen LogP contribution in [0.2, 0.25) is 0 Å². The van der Waals surface area contributed by atoms with Crippen LogP contribution in [0.15, 0.2) is 30.3 Å². The summed E-state index contributed by atoms with van der Waals surface area (Å²) in [5, 5.41) is 11.0. The van der Waals surface area contributed by atoms with Crippen molar-refractivity contribution < 1.29 is 24.1 Å². The SMILES string of the molecule is CCOc1ccc(C2C3C(NNC3c3c(C)cc(C)cc3O)C(=O)N2CC2CCCO2)cc1OCC. The Labute approximate surface area is 212 Å². The zero-order valence-electron chi connectivity index (χ0n) is 21.5. The lowest BCUT2D eigenvalue weighted by Gasteiger charge is -2.33.